The molecule has 0 saturated carbocycles. The Balaban J connectivity index is 2.15. The molecule has 0 spiro atoms. The van der Waals surface area contributed by atoms with Crippen LogP contribution in [0.2, 0.25) is 0 Å². The van der Waals surface area contributed by atoms with Gasteiger partial charge in [0.25, 0.3) is 0 Å². The van der Waals surface area contributed by atoms with E-state index >= 15 is 0 Å². The van der Waals surface area contributed by atoms with Gasteiger partial charge < -0.3 is 0 Å². The number of pyridine rings is 1. The summed E-state index contributed by atoms with van der Waals surface area (Å²) in [6.45, 7) is 1.58. The topological polar surface area (TPSA) is 42.9 Å². The highest BCUT2D eigenvalue weighted by atomic mass is 32.1. The molecular formula is C16H12N2OS. The van der Waals surface area contributed by atoms with Crippen LogP contribution in [0.25, 0.3) is 21.8 Å². The first-order valence-corrected chi connectivity index (χ1v) is 7.05. The molecule has 0 atom stereocenters. The fourth-order valence-corrected chi connectivity index (χ4v) is 2.96. The molecule has 0 radical (unpaired) electrons. The zero-order valence-corrected chi connectivity index (χ0v) is 11.7. The summed E-state index contributed by atoms with van der Waals surface area (Å²) >= 11 is 1.43. The summed E-state index contributed by atoms with van der Waals surface area (Å²) in [5, 5.41) is 0.844. The second-order valence-electron chi connectivity index (χ2n) is 4.35. The monoisotopic (exact) mass is 280 g/mol. The van der Waals surface area contributed by atoms with Crippen LogP contribution in [0.5, 0.6) is 0 Å². The van der Waals surface area contributed by atoms with Crippen molar-refractivity contribution in [3.05, 3.63) is 59.7 Å². The predicted molar refractivity (Wildman–Crippen MR) is 80.8 cm³/mol. The van der Waals surface area contributed by atoms with Crippen molar-refractivity contribution in [3.8, 4) is 21.8 Å². The third-order valence-electron chi connectivity index (χ3n) is 2.92. The van der Waals surface area contributed by atoms with Crippen molar-refractivity contribution < 1.29 is 4.79 Å². The zero-order valence-electron chi connectivity index (χ0n) is 10.9. The van der Waals surface area contributed by atoms with Gasteiger partial charge >= 0.3 is 0 Å². The van der Waals surface area contributed by atoms with E-state index in [1.165, 1.54) is 11.3 Å². The van der Waals surface area contributed by atoms with E-state index < -0.39 is 0 Å². The normalized spacial score (nSPS) is 10.4. The summed E-state index contributed by atoms with van der Waals surface area (Å²) in [4.78, 5) is 21.2. The molecule has 0 aliphatic heterocycles. The van der Waals surface area contributed by atoms with Gasteiger partial charge in [0.2, 0.25) is 0 Å². The van der Waals surface area contributed by atoms with Crippen LogP contribution in [-0.4, -0.2) is 15.8 Å². The summed E-state index contributed by atoms with van der Waals surface area (Å²) in [5.74, 6) is 0.0432. The first-order valence-electron chi connectivity index (χ1n) is 6.23. The van der Waals surface area contributed by atoms with E-state index in [9.17, 15) is 4.79 Å². The molecule has 0 saturated heterocycles. The molecule has 3 nitrogen and oxygen atoms in total. The molecule has 4 heteroatoms. The molecule has 98 valence electrons. The van der Waals surface area contributed by atoms with Gasteiger partial charge in [0.15, 0.2) is 5.78 Å². The SMILES string of the molecule is CC(=O)c1sc(-c2ccncc2)nc1-c1ccccc1. The molecule has 0 N–H and O–H groups in total. The molecule has 0 fully saturated rings. The first kappa shape index (κ1) is 12.7. The molecule has 0 aliphatic rings. The van der Waals surface area contributed by atoms with Crippen molar-refractivity contribution in [1.29, 1.82) is 0 Å². The van der Waals surface area contributed by atoms with Gasteiger partial charge in [-0.2, -0.15) is 0 Å². The van der Waals surface area contributed by atoms with E-state index in [-0.39, 0.29) is 5.78 Å². The average Bonchev–Trinajstić information content (AvgIpc) is 2.94. The van der Waals surface area contributed by atoms with Crippen molar-refractivity contribution in [1.82, 2.24) is 9.97 Å². The molecule has 3 aromatic rings. The lowest BCUT2D eigenvalue weighted by Gasteiger charge is -1.98. The molecule has 20 heavy (non-hydrogen) atoms. The second-order valence-corrected chi connectivity index (χ2v) is 5.35. The largest absolute Gasteiger partial charge is 0.294 e. The van der Waals surface area contributed by atoms with Crippen molar-refractivity contribution in [2.24, 2.45) is 0 Å². The van der Waals surface area contributed by atoms with Gasteiger partial charge in [-0.3, -0.25) is 9.78 Å². The molecule has 0 unspecified atom stereocenters. The molecular weight excluding hydrogens is 268 g/mol. The van der Waals surface area contributed by atoms with Crippen LogP contribution >= 0.6 is 11.3 Å². The van der Waals surface area contributed by atoms with Gasteiger partial charge in [0.1, 0.15) is 5.01 Å². The van der Waals surface area contributed by atoms with Gasteiger partial charge in [-0.1, -0.05) is 30.3 Å². The Kier molecular flexibility index (Phi) is 3.39. The third kappa shape index (κ3) is 2.38. The molecule has 1 aromatic carbocycles. The number of Topliss-reactive ketones (excluding diaryl/α,β-unsaturated/α-hetero) is 1. The van der Waals surface area contributed by atoms with Crippen LogP contribution in [-0.2, 0) is 0 Å². The number of hydrogen-bond acceptors (Lipinski definition) is 4. The highest BCUT2D eigenvalue weighted by Crippen LogP contribution is 2.33. The highest BCUT2D eigenvalue weighted by molar-refractivity contribution is 7.17. The Morgan fingerprint density at radius 3 is 2.35 bits per heavy atom. The predicted octanol–water partition coefficient (Wildman–Crippen LogP) is 4.07. The van der Waals surface area contributed by atoms with Gasteiger partial charge in [-0.05, 0) is 12.1 Å². The van der Waals surface area contributed by atoms with Crippen molar-refractivity contribution in [2.45, 2.75) is 6.92 Å². The van der Waals surface area contributed by atoms with Gasteiger partial charge in [-0.25, -0.2) is 4.98 Å². The lowest BCUT2D eigenvalue weighted by Crippen LogP contribution is -1.91. The standard InChI is InChI=1S/C16H12N2OS/c1-11(19)15-14(12-5-3-2-4-6-12)18-16(20-15)13-7-9-17-10-8-13/h2-10H,1H3. The number of carbonyl (C=O) groups is 1. The number of carbonyl (C=O) groups excluding carboxylic acids is 1. The number of benzene rings is 1. The Bertz CT molecular complexity index is 736. The number of ketones is 1. The maximum atomic E-state index is 11.8. The Hall–Kier alpha value is -2.33. The number of nitrogens with zero attached hydrogens (tertiary/aromatic N) is 2. The summed E-state index contributed by atoms with van der Waals surface area (Å²) in [6.07, 6.45) is 3.46. The van der Waals surface area contributed by atoms with Crippen LogP contribution < -0.4 is 0 Å². The van der Waals surface area contributed by atoms with Crippen LogP contribution in [0.15, 0.2) is 54.9 Å². The third-order valence-corrected chi connectivity index (χ3v) is 4.13. The van der Waals surface area contributed by atoms with E-state index in [4.69, 9.17) is 0 Å². The quantitative estimate of drug-likeness (QED) is 0.679. The Labute approximate surface area is 121 Å². The van der Waals surface area contributed by atoms with Crippen LogP contribution in [0.4, 0.5) is 0 Å². The van der Waals surface area contributed by atoms with Gasteiger partial charge in [-0.15, -0.1) is 11.3 Å². The minimum absolute atomic E-state index is 0.0432. The zero-order chi connectivity index (χ0) is 13.9. The van der Waals surface area contributed by atoms with E-state index in [0.717, 1.165) is 21.8 Å². The molecule has 2 heterocycles. The molecule has 0 aliphatic carbocycles. The van der Waals surface area contributed by atoms with Gasteiger partial charge in [0, 0.05) is 30.4 Å². The summed E-state index contributed by atoms with van der Waals surface area (Å²) < 4.78 is 0. The molecule has 0 amide bonds. The lowest BCUT2D eigenvalue weighted by molar-refractivity contribution is 0.102. The van der Waals surface area contributed by atoms with E-state index in [2.05, 4.69) is 9.97 Å². The van der Waals surface area contributed by atoms with Crippen LogP contribution in [0, 0.1) is 0 Å². The number of thiazole rings is 1. The Morgan fingerprint density at radius 1 is 1.00 bits per heavy atom. The van der Waals surface area contributed by atoms with Crippen molar-refractivity contribution in [3.63, 3.8) is 0 Å². The van der Waals surface area contributed by atoms with E-state index in [1.54, 1.807) is 19.3 Å². The number of hydrogen-bond donors (Lipinski definition) is 0. The molecule has 3 rings (SSSR count). The maximum absolute atomic E-state index is 11.8. The number of rotatable bonds is 3. The Morgan fingerprint density at radius 2 is 1.70 bits per heavy atom. The fourth-order valence-electron chi connectivity index (χ4n) is 1.97. The smallest absolute Gasteiger partial charge is 0.172 e. The average molecular weight is 280 g/mol. The van der Waals surface area contributed by atoms with Gasteiger partial charge in [0.05, 0.1) is 10.6 Å². The summed E-state index contributed by atoms with van der Waals surface area (Å²) in [6, 6.07) is 13.6. The minimum Gasteiger partial charge on any atom is -0.294 e. The molecule has 2 aromatic heterocycles. The maximum Gasteiger partial charge on any atom is 0.172 e. The summed E-state index contributed by atoms with van der Waals surface area (Å²) in [7, 11) is 0. The van der Waals surface area contributed by atoms with E-state index in [0.29, 0.717) is 4.88 Å². The van der Waals surface area contributed by atoms with E-state index in [1.807, 2.05) is 42.5 Å². The lowest BCUT2D eigenvalue weighted by atomic mass is 10.1. The summed E-state index contributed by atoms with van der Waals surface area (Å²) in [5.41, 5.74) is 2.71. The van der Waals surface area contributed by atoms with Crippen molar-refractivity contribution in [2.75, 3.05) is 0 Å². The molecule has 0 bridgehead atoms. The minimum atomic E-state index is 0.0432. The van der Waals surface area contributed by atoms with Crippen LogP contribution in [0.3, 0.4) is 0 Å². The second kappa shape index (κ2) is 5.35. The first-order chi connectivity index (χ1) is 9.75. The van der Waals surface area contributed by atoms with Crippen LogP contribution in [0.1, 0.15) is 16.6 Å². The fraction of sp³-hybridized carbons (Fsp3) is 0.0625. The highest BCUT2D eigenvalue weighted by Gasteiger charge is 2.17. The van der Waals surface area contributed by atoms with Crippen molar-refractivity contribution >= 4 is 17.1 Å². The number of aromatic nitrogens is 2.